The Morgan fingerprint density at radius 3 is 2.45 bits per heavy atom. The van der Waals surface area contributed by atoms with Gasteiger partial charge in [-0.05, 0) is 79.3 Å². The first-order chi connectivity index (χ1) is 14.5. The van der Waals surface area contributed by atoms with E-state index in [9.17, 15) is 20.1 Å². The number of carbonyl (C=O) groups is 1. The molecule has 0 radical (unpaired) electrons. The number of carbonyl (C=O) groups excluding carboxylic acids is 1. The molecule has 8 atom stereocenters. The molecule has 4 nitrogen and oxygen atoms in total. The van der Waals surface area contributed by atoms with E-state index < -0.39 is 17.6 Å². The van der Waals surface area contributed by atoms with Gasteiger partial charge in [-0.3, -0.25) is 4.79 Å². The van der Waals surface area contributed by atoms with Gasteiger partial charge in [0.05, 0.1) is 12.2 Å². The van der Waals surface area contributed by atoms with Crippen molar-refractivity contribution in [3.63, 3.8) is 0 Å². The minimum Gasteiger partial charge on any atom is -0.396 e. The van der Waals surface area contributed by atoms with Gasteiger partial charge in [0, 0.05) is 17.9 Å². The number of aliphatic hydroxyl groups is 3. The summed E-state index contributed by atoms with van der Waals surface area (Å²) in [7, 11) is 0. The van der Waals surface area contributed by atoms with Crippen LogP contribution in [-0.2, 0) is 4.79 Å². The maximum atomic E-state index is 13.8. The van der Waals surface area contributed by atoms with Crippen molar-refractivity contribution >= 4 is 5.78 Å². The zero-order chi connectivity index (χ0) is 23.0. The van der Waals surface area contributed by atoms with Gasteiger partial charge in [-0.25, -0.2) is 0 Å². The second-order valence-corrected chi connectivity index (χ2v) is 11.9. The van der Waals surface area contributed by atoms with Crippen LogP contribution in [0.5, 0.6) is 0 Å². The van der Waals surface area contributed by atoms with Crippen LogP contribution in [0.4, 0.5) is 0 Å². The van der Waals surface area contributed by atoms with Crippen molar-refractivity contribution in [1.82, 2.24) is 0 Å². The molecule has 31 heavy (non-hydrogen) atoms. The molecule has 0 aliphatic heterocycles. The van der Waals surface area contributed by atoms with Gasteiger partial charge in [0.15, 0.2) is 5.78 Å². The molecule has 0 amide bonds. The Bertz CT molecular complexity index is 670. The second kappa shape index (κ2) is 9.65. The van der Waals surface area contributed by atoms with Crippen molar-refractivity contribution in [2.75, 3.05) is 6.61 Å². The topological polar surface area (TPSA) is 77.8 Å². The van der Waals surface area contributed by atoms with Crippen LogP contribution in [0.2, 0.25) is 0 Å². The summed E-state index contributed by atoms with van der Waals surface area (Å²) in [5, 5.41) is 31.1. The average Bonchev–Trinajstić information content (AvgIpc) is 3.03. The van der Waals surface area contributed by atoms with E-state index in [1.54, 1.807) is 0 Å². The molecule has 2 fully saturated rings. The number of Topliss-reactive ketones (excluding diaryl/α,β-unsaturated/α-hetero) is 1. The first-order valence-corrected chi connectivity index (χ1v) is 12.8. The lowest BCUT2D eigenvalue weighted by atomic mass is 9.55. The van der Waals surface area contributed by atoms with Gasteiger partial charge in [-0.1, -0.05) is 53.9 Å². The number of aliphatic hydroxyl groups excluding tert-OH is 3. The Labute approximate surface area is 189 Å². The number of rotatable bonds is 8. The van der Waals surface area contributed by atoms with Crippen LogP contribution in [-0.4, -0.2) is 39.9 Å². The number of allylic oxidation sites excluding steroid dienone is 1. The lowest BCUT2D eigenvalue weighted by Crippen LogP contribution is -2.52. The largest absolute Gasteiger partial charge is 0.396 e. The van der Waals surface area contributed by atoms with Gasteiger partial charge in [-0.2, -0.15) is 0 Å². The third-order valence-electron chi connectivity index (χ3n) is 9.45. The first kappa shape index (κ1) is 24.9. The molecule has 4 heteroatoms. The summed E-state index contributed by atoms with van der Waals surface area (Å²) >= 11 is 0. The number of fused-ring (bicyclic) bond motifs is 1. The van der Waals surface area contributed by atoms with E-state index in [-0.39, 0.29) is 29.6 Å². The van der Waals surface area contributed by atoms with E-state index in [4.69, 9.17) is 0 Å². The predicted octanol–water partition coefficient (Wildman–Crippen LogP) is 4.90. The molecule has 3 aliphatic carbocycles. The summed E-state index contributed by atoms with van der Waals surface area (Å²) in [5.74, 6) is 1.88. The smallest absolute Gasteiger partial charge is 0.165 e. The Balaban J connectivity index is 1.85. The van der Waals surface area contributed by atoms with Crippen LogP contribution < -0.4 is 0 Å². The summed E-state index contributed by atoms with van der Waals surface area (Å²) < 4.78 is 0. The molecule has 0 aromatic rings. The lowest BCUT2D eigenvalue weighted by Gasteiger charge is -2.49. The zero-order valence-corrected chi connectivity index (χ0v) is 20.4. The monoisotopic (exact) mass is 434 g/mol. The van der Waals surface area contributed by atoms with Crippen LogP contribution in [0.25, 0.3) is 0 Å². The minimum atomic E-state index is -0.673. The van der Waals surface area contributed by atoms with Crippen LogP contribution in [0, 0.1) is 40.4 Å². The molecule has 0 heterocycles. The third kappa shape index (κ3) is 4.68. The number of ketones is 1. The van der Waals surface area contributed by atoms with E-state index in [0.717, 1.165) is 24.3 Å². The molecular formula is C27H46O4. The van der Waals surface area contributed by atoms with Gasteiger partial charge in [0.25, 0.3) is 0 Å². The van der Waals surface area contributed by atoms with Crippen LogP contribution in [0.3, 0.4) is 0 Å². The highest BCUT2D eigenvalue weighted by Crippen LogP contribution is 2.59. The Hall–Kier alpha value is -0.710. The van der Waals surface area contributed by atoms with Crippen LogP contribution in [0.1, 0.15) is 92.4 Å². The molecule has 178 valence electrons. The van der Waals surface area contributed by atoms with Gasteiger partial charge in [0.1, 0.15) is 0 Å². The highest BCUT2D eigenvalue weighted by molar-refractivity contribution is 6.01. The Morgan fingerprint density at radius 2 is 1.81 bits per heavy atom. The normalized spacial score (nSPS) is 41.9. The molecule has 0 unspecified atom stereocenters. The predicted molar refractivity (Wildman–Crippen MR) is 124 cm³/mol. The van der Waals surface area contributed by atoms with Crippen LogP contribution >= 0.6 is 0 Å². The standard InChI is InChI=1S/C27H46O4/c1-17(2)7-6-8-18(3)21-9-10-22(26(21,4)13-14-28)20-16-24(30)23-15-19(29)11-12-27(23,5)25(20)31/h16-19,21-24,28-30H,6-15H2,1-5H3/t18-,19+,21-,22+,23+,24+,26-,27+/m1/s1. The van der Waals surface area contributed by atoms with Gasteiger partial charge in [0.2, 0.25) is 0 Å². The van der Waals surface area contributed by atoms with Crippen molar-refractivity contribution < 1.29 is 20.1 Å². The molecule has 3 aliphatic rings. The molecule has 2 saturated carbocycles. The second-order valence-electron chi connectivity index (χ2n) is 11.9. The van der Waals surface area contributed by atoms with Crippen molar-refractivity contribution in [2.24, 2.45) is 40.4 Å². The van der Waals surface area contributed by atoms with Crippen molar-refractivity contribution in [3.05, 3.63) is 11.6 Å². The van der Waals surface area contributed by atoms with E-state index >= 15 is 0 Å². The third-order valence-corrected chi connectivity index (χ3v) is 9.45. The summed E-state index contributed by atoms with van der Waals surface area (Å²) in [4.78, 5) is 13.8. The van der Waals surface area contributed by atoms with Gasteiger partial charge in [-0.15, -0.1) is 0 Å². The molecule has 0 spiro atoms. The van der Waals surface area contributed by atoms with E-state index in [0.29, 0.717) is 37.5 Å². The van der Waals surface area contributed by atoms with E-state index in [2.05, 4.69) is 27.7 Å². The summed E-state index contributed by atoms with van der Waals surface area (Å²) in [6.45, 7) is 11.3. The number of hydrogen-bond donors (Lipinski definition) is 3. The SMILES string of the molecule is CC(C)CCC[C@@H](C)[C@H]1CC[C@@H](C2=C[C@H](O)[C@@H]3C[C@@H](O)CC[C@]3(C)C2=O)[C@]1(C)CCO. The molecule has 0 aromatic carbocycles. The molecular weight excluding hydrogens is 388 g/mol. The highest BCUT2D eigenvalue weighted by Gasteiger charge is 2.56. The fraction of sp³-hybridized carbons (Fsp3) is 0.889. The minimum absolute atomic E-state index is 0.101. The Kier molecular flexibility index (Phi) is 7.76. The van der Waals surface area contributed by atoms with Gasteiger partial charge < -0.3 is 15.3 Å². The summed E-state index contributed by atoms with van der Waals surface area (Å²) in [6.07, 6.45) is 8.95. The van der Waals surface area contributed by atoms with Crippen LogP contribution in [0.15, 0.2) is 11.6 Å². The maximum Gasteiger partial charge on any atom is 0.165 e. The average molecular weight is 435 g/mol. The molecule has 0 saturated heterocycles. The summed E-state index contributed by atoms with van der Waals surface area (Å²) in [5.41, 5.74) is 0.115. The molecule has 3 rings (SSSR count). The fourth-order valence-corrected chi connectivity index (χ4v) is 7.46. The fourth-order valence-electron chi connectivity index (χ4n) is 7.46. The quantitative estimate of drug-likeness (QED) is 0.508. The first-order valence-electron chi connectivity index (χ1n) is 12.8. The number of hydrogen-bond acceptors (Lipinski definition) is 4. The van der Waals surface area contributed by atoms with Crippen molar-refractivity contribution in [2.45, 2.75) is 105 Å². The van der Waals surface area contributed by atoms with E-state index in [1.165, 1.54) is 19.3 Å². The zero-order valence-electron chi connectivity index (χ0n) is 20.4. The highest BCUT2D eigenvalue weighted by atomic mass is 16.3. The van der Waals surface area contributed by atoms with E-state index in [1.807, 2.05) is 13.0 Å². The van der Waals surface area contributed by atoms with Crippen molar-refractivity contribution in [3.8, 4) is 0 Å². The van der Waals surface area contributed by atoms with Gasteiger partial charge >= 0.3 is 0 Å². The van der Waals surface area contributed by atoms with Crippen molar-refractivity contribution in [1.29, 1.82) is 0 Å². The molecule has 0 bridgehead atoms. The molecule has 0 aromatic heterocycles. The maximum absolute atomic E-state index is 13.8. The molecule has 3 N–H and O–H groups in total. The Morgan fingerprint density at radius 1 is 1.10 bits per heavy atom. The summed E-state index contributed by atoms with van der Waals surface area (Å²) in [6, 6.07) is 0. The lowest BCUT2D eigenvalue weighted by molar-refractivity contribution is -0.138.